The van der Waals surface area contributed by atoms with E-state index in [1.807, 2.05) is 24.3 Å². The maximum absolute atomic E-state index is 11.7. The first-order valence-corrected chi connectivity index (χ1v) is 12.3. The Morgan fingerprint density at radius 2 is 1.89 bits per heavy atom. The van der Waals surface area contributed by atoms with Gasteiger partial charge in [0.1, 0.15) is 29.8 Å². The molecule has 3 N–H and O–H groups in total. The number of aliphatic hydroxyl groups excluding tert-OH is 2. The molecule has 0 bridgehead atoms. The van der Waals surface area contributed by atoms with E-state index in [4.69, 9.17) is 30.5 Å². The van der Waals surface area contributed by atoms with Gasteiger partial charge >= 0.3 is 6.16 Å². The van der Waals surface area contributed by atoms with Crippen molar-refractivity contribution in [2.75, 3.05) is 19.8 Å². The molecular formula is C26H31ClO8. The monoisotopic (exact) mass is 506 g/mol. The van der Waals surface area contributed by atoms with Crippen molar-refractivity contribution in [1.29, 1.82) is 0 Å². The fraction of sp³-hybridized carbons (Fsp3) is 0.500. The lowest BCUT2D eigenvalue weighted by Gasteiger charge is -2.49. The number of ether oxygens (including phenoxy) is 4. The molecule has 2 unspecified atom stereocenters. The van der Waals surface area contributed by atoms with Crippen molar-refractivity contribution in [3.05, 3.63) is 57.6 Å². The van der Waals surface area contributed by atoms with Gasteiger partial charge < -0.3 is 34.3 Å². The average molecular weight is 507 g/mol. The van der Waals surface area contributed by atoms with Crippen LogP contribution in [0.25, 0.3) is 0 Å². The fourth-order valence-corrected chi connectivity index (χ4v) is 5.10. The normalized spacial score (nSPS) is 25.6. The first kappa shape index (κ1) is 25.6. The molecule has 4 atom stereocenters. The Balaban J connectivity index is 1.69. The van der Waals surface area contributed by atoms with Gasteiger partial charge in [0, 0.05) is 24.8 Å². The van der Waals surface area contributed by atoms with Crippen molar-refractivity contribution in [2.24, 2.45) is 0 Å². The number of phenolic OH excluding ortho intramolecular Hbond substituents is 1. The number of hydrogen-bond acceptors (Lipinski definition) is 8. The molecule has 2 aliphatic rings. The average Bonchev–Trinajstić information content (AvgIpc) is 2.84. The van der Waals surface area contributed by atoms with E-state index in [1.165, 1.54) is 5.56 Å². The quantitative estimate of drug-likeness (QED) is 0.506. The minimum atomic E-state index is -1.47. The van der Waals surface area contributed by atoms with E-state index < -0.39 is 30.1 Å². The number of rotatable bonds is 6. The molecule has 2 aliphatic heterocycles. The summed E-state index contributed by atoms with van der Waals surface area (Å²) in [6.07, 6.45) is -2.60. The predicted molar refractivity (Wildman–Crippen MR) is 128 cm³/mol. The maximum atomic E-state index is 11.7. The fourth-order valence-electron chi connectivity index (χ4n) is 4.84. The van der Waals surface area contributed by atoms with E-state index in [2.05, 4.69) is 6.92 Å². The number of halogens is 1. The number of aromatic hydroxyl groups is 1. The third kappa shape index (κ3) is 5.07. The summed E-state index contributed by atoms with van der Waals surface area (Å²) in [5, 5.41) is 33.6. The van der Waals surface area contributed by atoms with Gasteiger partial charge in [0.15, 0.2) is 0 Å². The zero-order chi connectivity index (χ0) is 25.2. The molecule has 1 spiro atoms. The van der Waals surface area contributed by atoms with Gasteiger partial charge in [-0.1, -0.05) is 42.8 Å². The minimum Gasteiger partial charge on any atom is -0.507 e. The van der Waals surface area contributed by atoms with E-state index in [1.54, 1.807) is 13.0 Å². The van der Waals surface area contributed by atoms with Crippen LogP contribution in [0.5, 0.6) is 11.5 Å². The molecule has 0 amide bonds. The van der Waals surface area contributed by atoms with E-state index in [0.717, 1.165) is 12.0 Å². The predicted octanol–water partition coefficient (Wildman–Crippen LogP) is 3.86. The van der Waals surface area contributed by atoms with E-state index in [9.17, 15) is 20.1 Å². The second kappa shape index (κ2) is 10.6. The van der Waals surface area contributed by atoms with Crippen LogP contribution in [0.4, 0.5) is 4.79 Å². The first-order valence-electron chi connectivity index (χ1n) is 11.9. The summed E-state index contributed by atoms with van der Waals surface area (Å²) >= 11 is 6.55. The number of aliphatic hydroxyl groups is 2. The Kier molecular flexibility index (Phi) is 7.76. The van der Waals surface area contributed by atoms with Crippen molar-refractivity contribution in [3.8, 4) is 11.5 Å². The SMILES string of the molecule is CCOC(=O)OCC1C[C@H](O)[C@@H](O)C2(CCOc3cc(Cl)c(Cc4ccc(CC)cc4)c(O)c32)O1. The molecule has 1 fully saturated rings. The third-order valence-electron chi connectivity index (χ3n) is 6.65. The highest BCUT2D eigenvalue weighted by Gasteiger charge is 2.55. The summed E-state index contributed by atoms with van der Waals surface area (Å²) in [5.74, 6) is 0.132. The Labute approximate surface area is 209 Å². The van der Waals surface area contributed by atoms with Crippen LogP contribution in [-0.2, 0) is 32.7 Å². The Hall–Kier alpha value is -2.52. The zero-order valence-electron chi connectivity index (χ0n) is 19.8. The lowest BCUT2D eigenvalue weighted by atomic mass is 9.76. The molecule has 2 aromatic carbocycles. The van der Waals surface area contributed by atoms with Crippen LogP contribution < -0.4 is 4.74 Å². The lowest BCUT2D eigenvalue weighted by Crippen LogP contribution is -2.58. The minimum absolute atomic E-state index is 0.0451. The highest BCUT2D eigenvalue weighted by atomic mass is 35.5. The summed E-state index contributed by atoms with van der Waals surface area (Å²) < 4.78 is 22.0. The van der Waals surface area contributed by atoms with Crippen molar-refractivity contribution in [1.82, 2.24) is 0 Å². The molecule has 0 radical (unpaired) electrons. The van der Waals surface area contributed by atoms with Gasteiger partial charge in [-0.3, -0.25) is 0 Å². The van der Waals surface area contributed by atoms with E-state index in [-0.39, 0.29) is 49.7 Å². The Morgan fingerprint density at radius 3 is 2.57 bits per heavy atom. The van der Waals surface area contributed by atoms with Gasteiger partial charge in [0.25, 0.3) is 0 Å². The van der Waals surface area contributed by atoms with Crippen LogP contribution in [0, 0.1) is 0 Å². The second-order valence-corrected chi connectivity index (χ2v) is 9.28. The molecule has 4 rings (SSSR count). The van der Waals surface area contributed by atoms with Crippen molar-refractivity contribution < 1.29 is 39.1 Å². The molecular weight excluding hydrogens is 476 g/mol. The number of aryl methyl sites for hydroxylation is 1. The summed E-state index contributed by atoms with van der Waals surface area (Å²) in [5.41, 5.74) is 1.39. The third-order valence-corrected chi connectivity index (χ3v) is 6.99. The molecule has 35 heavy (non-hydrogen) atoms. The van der Waals surface area contributed by atoms with Gasteiger partial charge in [0.05, 0.1) is 36.0 Å². The summed E-state index contributed by atoms with van der Waals surface area (Å²) in [4.78, 5) is 11.7. The summed E-state index contributed by atoms with van der Waals surface area (Å²) in [6.45, 7) is 3.91. The summed E-state index contributed by atoms with van der Waals surface area (Å²) in [6, 6.07) is 9.63. The number of benzene rings is 2. The van der Waals surface area contributed by atoms with Crippen LogP contribution >= 0.6 is 11.6 Å². The number of carbonyl (C=O) groups excluding carboxylic acids is 1. The van der Waals surface area contributed by atoms with Crippen LogP contribution in [0.1, 0.15) is 48.9 Å². The van der Waals surface area contributed by atoms with Crippen LogP contribution in [-0.4, -0.2) is 59.6 Å². The summed E-state index contributed by atoms with van der Waals surface area (Å²) in [7, 11) is 0. The number of phenols is 1. The molecule has 2 heterocycles. The molecule has 0 saturated carbocycles. The number of carbonyl (C=O) groups is 1. The lowest BCUT2D eigenvalue weighted by molar-refractivity contribution is -0.250. The molecule has 0 aliphatic carbocycles. The molecule has 9 heteroatoms. The molecule has 0 aromatic heterocycles. The van der Waals surface area contributed by atoms with Gasteiger partial charge in [-0.05, 0) is 30.5 Å². The Bertz CT molecular complexity index is 1060. The van der Waals surface area contributed by atoms with Crippen LogP contribution in [0.3, 0.4) is 0 Å². The first-order chi connectivity index (χ1) is 16.8. The standard InChI is InChI=1S/C26H31ClO8/c1-3-15-5-7-16(8-6-15)11-18-19(27)13-21-22(23(18)29)26(9-10-33-21)24(30)20(28)12-17(35-26)14-34-25(31)32-4-2/h5-8,13,17,20,24,28-30H,3-4,9-12,14H2,1-2H3/t17?,20-,24+,26?/m0/s1. The van der Waals surface area contributed by atoms with Gasteiger partial charge in [0.2, 0.25) is 0 Å². The molecule has 8 nitrogen and oxygen atoms in total. The number of fused-ring (bicyclic) bond motifs is 2. The smallest absolute Gasteiger partial charge is 0.507 e. The van der Waals surface area contributed by atoms with Crippen molar-refractivity contribution in [2.45, 2.75) is 63.4 Å². The van der Waals surface area contributed by atoms with Gasteiger partial charge in [-0.15, -0.1) is 0 Å². The Morgan fingerprint density at radius 1 is 1.17 bits per heavy atom. The highest BCUT2D eigenvalue weighted by Crippen LogP contribution is 2.53. The molecule has 2 aromatic rings. The topological polar surface area (TPSA) is 115 Å². The van der Waals surface area contributed by atoms with Gasteiger partial charge in [-0.2, -0.15) is 0 Å². The largest absolute Gasteiger partial charge is 0.508 e. The van der Waals surface area contributed by atoms with E-state index >= 15 is 0 Å². The second-order valence-electron chi connectivity index (χ2n) is 8.88. The van der Waals surface area contributed by atoms with Crippen LogP contribution in [0.15, 0.2) is 30.3 Å². The van der Waals surface area contributed by atoms with Gasteiger partial charge in [-0.25, -0.2) is 4.79 Å². The zero-order valence-corrected chi connectivity index (χ0v) is 20.6. The van der Waals surface area contributed by atoms with Crippen LogP contribution in [0.2, 0.25) is 5.02 Å². The maximum Gasteiger partial charge on any atom is 0.508 e. The van der Waals surface area contributed by atoms with E-state index in [0.29, 0.717) is 17.0 Å². The molecule has 190 valence electrons. The van der Waals surface area contributed by atoms with Crippen molar-refractivity contribution >= 4 is 17.8 Å². The van der Waals surface area contributed by atoms with Crippen molar-refractivity contribution in [3.63, 3.8) is 0 Å². The number of hydrogen-bond donors (Lipinski definition) is 3. The molecule has 1 saturated heterocycles. The highest BCUT2D eigenvalue weighted by molar-refractivity contribution is 6.31.